The van der Waals surface area contributed by atoms with Crippen LogP contribution in [0.4, 0.5) is 10.7 Å². The Balaban J connectivity index is 1.85. The number of nitrogens with zero attached hydrogens (tertiary/aromatic N) is 4. The van der Waals surface area contributed by atoms with Crippen molar-refractivity contribution in [2.24, 2.45) is 0 Å². The van der Waals surface area contributed by atoms with Gasteiger partial charge >= 0.3 is 12.0 Å². The van der Waals surface area contributed by atoms with Gasteiger partial charge in [0.2, 0.25) is 5.95 Å². The number of aryl methyl sites for hydroxylation is 1. The summed E-state index contributed by atoms with van der Waals surface area (Å²) in [5.74, 6) is 0.159. The van der Waals surface area contributed by atoms with E-state index in [4.69, 9.17) is 4.74 Å². The number of ether oxygens (including phenoxy) is 1. The van der Waals surface area contributed by atoms with Gasteiger partial charge in [0, 0.05) is 11.6 Å². The van der Waals surface area contributed by atoms with E-state index in [0.29, 0.717) is 11.2 Å². The predicted octanol–water partition coefficient (Wildman–Crippen LogP) is 1.25. The second-order valence-corrected chi connectivity index (χ2v) is 6.73. The molecule has 2 amide bonds. The van der Waals surface area contributed by atoms with Crippen LogP contribution in [0.15, 0.2) is 41.4 Å². The van der Waals surface area contributed by atoms with E-state index in [1.165, 1.54) is 19.4 Å². The first-order valence-corrected chi connectivity index (χ1v) is 8.81. The van der Waals surface area contributed by atoms with Crippen LogP contribution in [0.3, 0.4) is 0 Å². The average molecular weight is 374 g/mol. The Hall–Kier alpha value is -3.34. The molecule has 26 heavy (non-hydrogen) atoms. The van der Waals surface area contributed by atoms with E-state index in [1.54, 1.807) is 31.2 Å². The predicted molar refractivity (Wildman–Crippen MR) is 92.2 cm³/mol. The first-order valence-electron chi connectivity index (χ1n) is 7.33. The van der Waals surface area contributed by atoms with Crippen LogP contribution < -0.4 is 14.8 Å². The number of rotatable bonds is 4. The zero-order chi connectivity index (χ0) is 18.7. The maximum atomic E-state index is 12.5. The molecule has 3 aromatic rings. The lowest BCUT2D eigenvalue weighted by Gasteiger charge is -2.10. The van der Waals surface area contributed by atoms with Crippen LogP contribution in [0.5, 0.6) is 6.01 Å². The van der Waals surface area contributed by atoms with E-state index >= 15 is 0 Å². The number of carbonyl (C=O) groups excluding carboxylic acids is 1. The number of hydrogen-bond donors (Lipinski definition) is 2. The van der Waals surface area contributed by atoms with E-state index in [1.807, 2.05) is 4.72 Å². The molecule has 2 N–H and O–H groups in total. The highest BCUT2D eigenvalue weighted by Crippen LogP contribution is 2.20. The second kappa shape index (κ2) is 6.88. The summed E-state index contributed by atoms with van der Waals surface area (Å²) in [6.07, 6.45) is 1.47. The standard InChI is InChI=1S/C15H14N6O4S/c1-9-17-13(20-15(18-9)25-2)19-14(22)21-26(23,24)11-7-3-5-10-6-4-8-16-12(10)11/h3-8H,1-2H3,(H2,17,18,19,20,21,22). The third-order valence-electron chi connectivity index (χ3n) is 3.25. The topological polar surface area (TPSA) is 136 Å². The highest BCUT2D eigenvalue weighted by Gasteiger charge is 2.21. The number of para-hydroxylation sites is 1. The summed E-state index contributed by atoms with van der Waals surface area (Å²) < 4.78 is 31.9. The summed E-state index contributed by atoms with van der Waals surface area (Å²) in [5.41, 5.74) is 0.257. The molecule has 0 fully saturated rings. The minimum absolute atomic E-state index is 0.00564. The lowest BCUT2D eigenvalue weighted by Crippen LogP contribution is -2.35. The van der Waals surface area contributed by atoms with Gasteiger partial charge in [-0.2, -0.15) is 15.0 Å². The molecule has 0 bridgehead atoms. The monoisotopic (exact) mass is 374 g/mol. The number of nitrogens with one attached hydrogen (secondary N) is 2. The smallest absolute Gasteiger partial charge is 0.335 e. The largest absolute Gasteiger partial charge is 0.467 e. The van der Waals surface area contributed by atoms with Crippen molar-refractivity contribution in [3.63, 3.8) is 0 Å². The van der Waals surface area contributed by atoms with Gasteiger partial charge in [0.05, 0.1) is 12.6 Å². The Labute approximate surface area is 148 Å². The normalized spacial score (nSPS) is 11.2. The third kappa shape index (κ3) is 3.67. The third-order valence-corrected chi connectivity index (χ3v) is 4.61. The highest BCUT2D eigenvalue weighted by molar-refractivity contribution is 7.90. The molecule has 0 unspecified atom stereocenters. The summed E-state index contributed by atoms with van der Waals surface area (Å²) in [7, 11) is -2.80. The van der Waals surface area contributed by atoms with E-state index in [-0.39, 0.29) is 22.4 Å². The Morgan fingerprint density at radius 2 is 1.88 bits per heavy atom. The van der Waals surface area contributed by atoms with E-state index < -0.39 is 16.1 Å². The first kappa shape index (κ1) is 17.5. The van der Waals surface area contributed by atoms with Crippen LogP contribution in [0.1, 0.15) is 5.82 Å². The maximum Gasteiger partial charge on any atom is 0.335 e. The number of fused-ring (bicyclic) bond motifs is 1. The molecule has 0 saturated heterocycles. The Morgan fingerprint density at radius 1 is 1.12 bits per heavy atom. The number of hydrogen-bond acceptors (Lipinski definition) is 8. The molecule has 0 aliphatic carbocycles. The molecule has 10 nitrogen and oxygen atoms in total. The molecular weight excluding hydrogens is 360 g/mol. The first-order chi connectivity index (χ1) is 12.4. The number of amides is 2. The van der Waals surface area contributed by atoms with Crippen molar-refractivity contribution < 1.29 is 17.9 Å². The number of carbonyl (C=O) groups is 1. The summed E-state index contributed by atoms with van der Waals surface area (Å²) in [6, 6.07) is 7.04. The molecule has 0 aliphatic rings. The summed E-state index contributed by atoms with van der Waals surface area (Å²) >= 11 is 0. The van der Waals surface area contributed by atoms with Crippen molar-refractivity contribution in [1.29, 1.82) is 0 Å². The lowest BCUT2D eigenvalue weighted by molar-refractivity contribution is 0.256. The highest BCUT2D eigenvalue weighted by atomic mass is 32.2. The fraction of sp³-hybridized carbons (Fsp3) is 0.133. The average Bonchev–Trinajstić information content (AvgIpc) is 2.60. The van der Waals surface area contributed by atoms with Crippen molar-refractivity contribution >= 4 is 32.9 Å². The number of pyridine rings is 1. The van der Waals surface area contributed by atoms with Crippen LogP contribution in [0, 0.1) is 6.92 Å². The zero-order valence-electron chi connectivity index (χ0n) is 13.8. The van der Waals surface area contributed by atoms with Gasteiger partial charge in [-0.3, -0.25) is 10.3 Å². The second-order valence-electron chi connectivity index (χ2n) is 5.08. The van der Waals surface area contributed by atoms with E-state index in [2.05, 4.69) is 25.3 Å². The van der Waals surface area contributed by atoms with Crippen LogP contribution in [-0.2, 0) is 10.0 Å². The number of methoxy groups -OCH3 is 1. The van der Waals surface area contributed by atoms with Crippen molar-refractivity contribution in [1.82, 2.24) is 24.7 Å². The molecular formula is C15H14N6O4S. The molecule has 2 aromatic heterocycles. The molecule has 1 aromatic carbocycles. The van der Waals surface area contributed by atoms with Crippen LogP contribution in [0.25, 0.3) is 10.9 Å². The van der Waals surface area contributed by atoms with Crippen LogP contribution in [0.2, 0.25) is 0 Å². The minimum Gasteiger partial charge on any atom is -0.467 e. The SMILES string of the molecule is COc1nc(C)nc(NC(=O)NS(=O)(=O)c2cccc3cccnc23)n1. The lowest BCUT2D eigenvalue weighted by atomic mass is 10.2. The minimum atomic E-state index is -4.16. The number of urea groups is 1. The van der Waals surface area contributed by atoms with Crippen molar-refractivity contribution in [2.75, 3.05) is 12.4 Å². The molecule has 0 atom stereocenters. The number of sulfonamides is 1. The van der Waals surface area contributed by atoms with Crippen LogP contribution in [-0.4, -0.2) is 41.5 Å². The fourth-order valence-corrected chi connectivity index (χ4v) is 3.29. The van der Waals surface area contributed by atoms with Gasteiger partial charge in [0.15, 0.2) is 0 Å². The van der Waals surface area contributed by atoms with Gasteiger partial charge in [-0.25, -0.2) is 17.9 Å². The Kier molecular flexibility index (Phi) is 4.63. The maximum absolute atomic E-state index is 12.5. The quantitative estimate of drug-likeness (QED) is 0.696. The van der Waals surface area contributed by atoms with Gasteiger partial charge in [-0.05, 0) is 19.1 Å². The van der Waals surface area contributed by atoms with Gasteiger partial charge in [0.25, 0.3) is 10.0 Å². The van der Waals surface area contributed by atoms with Crippen molar-refractivity contribution in [3.8, 4) is 6.01 Å². The van der Waals surface area contributed by atoms with Gasteiger partial charge in [0.1, 0.15) is 10.7 Å². The molecule has 0 spiro atoms. The number of benzene rings is 1. The van der Waals surface area contributed by atoms with Crippen LogP contribution >= 0.6 is 0 Å². The molecule has 3 rings (SSSR count). The van der Waals surface area contributed by atoms with Gasteiger partial charge in [-0.15, -0.1) is 0 Å². The fourth-order valence-electron chi connectivity index (χ4n) is 2.20. The molecule has 0 radical (unpaired) electrons. The molecule has 2 heterocycles. The Bertz CT molecular complexity index is 1080. The molecule has 0 aliphatic heterocycles. The molecule has 0 saturated carbocycles. The zero-order valence-corrected chi connectivity index (χ0v) is 14.6. The number of anilines is 1. The summed E-state index contributed by atoms with van der Waals surface area (Å²) in [4.78, 5) is 27.6. The summed E-state index contributed by atoms with van der Waals surface area (Å²) in [5, 5.41) is 2.87. The van der Waals surface area contributed by atoms with E-state index in [9.17, 15) is 13.2 Å². The Morgan fingerprint density at radius 3 is 2.65 bits per heavy atom. The molecule has 134 valence electrons. The summed E-state index contributed by atoms with van der Waals surface area (Å²) in [6.45, 7) is 1.58. The number of aromatic nitrogens is 4. The molecule has 11 heteroatoms. The van der Waals surface area contributed by atoms with Gasteiger partial charge in [-0.1, -0.05) is 18.2 Å². The van der Waals surface area contributed by atoms with Crippen molar-refractivity contribution in [3.05, 3.63) is 42.4 Å². The van der Waals surface area contributed by atoms with Gasteiger partial charge < -0.3 is 4.74 Å². The van der Waals surface area contributed by atoms with E-state index in [0.717, 1.165) is 0 Å². The van der Waals surface area contributed by atoms with Crippen molar-refractivity contribution in [2.45, 2.75) is 11.8 Å².